The fraction of sp³-hybridized carbons (Fsp3) is 0.143. The lowest BCUT2D eigenvalue weighted by Gasteiger charge is -2.14. The van der Waals surface area contributed by atoms with Crippen LogP contribution >= 0.6 is 11.6 Å². The lowest BCUT2D eigenvalue weighted by atomic mass is 10.1. The SMILES string of the molecule is CC(NS(=O)(=O)c1ccc(Cl)cc1)c1ccccc1. The van der Waals surface area contributed by atoms with E-state index in [9.17, 15) is 8.42 Å². The summed E-state index contributed by atoms with van der Waals surface area (Å²) in [6.07, 6.45) is 0. The van der Waals surface area contributed by atoms with Crippen LogP contribution in [0.3, 0.4) is 0 Å². The van der Waals surface area contributed by atoms with Crippen LogP contribution in [-0.2, 0) is 10.0 Å². The smallest absolute Gasteiger partial charge is 0.207 e. The van der Waals surface area contributed by atoms with E-state index in [1.807, 2.05) is 37.3 Å². The predicted octanol–water partition coefficient (Wildman–Crippen LogP) is 3.38. The molecule has 1 N–H and O–H groups in total. The first-order valence-corrected chi connectivity index (χ1v) is 7.68. The van der Waals surface area contributed by atoms with Crippen LogP contribution in [0.4, 0.5) is 0 Å². The highest BCUT2D eigenvalue weighted by atomic mass is 35.5. The largest absolute Gasteiger partial charge is 0.241 e. The van der Waals surface area contributed by atoms with E-state index < -0.39 is 10.0 Å². The zero-order valence-electron chi connectivity index (χ0n) is 10.4. The molecule has 5 heteroatoms. The van der Waals surface area contributed by atoms with Gasteiger partial charge in [0.1, 0.15) is 0 Å². The summed E-state index contributed by atoms with van der Waals surface area (Å²) < 4.78 is 27.0. The molecule has 0 saturated heterocycles. The van der Waals surface area contributed by atoms with Crippen LogP contribution in [0.5, 0.6) is 0 Å². The highest BCUT2D eigenvalue weighted by molar-refractivity contribution is 7.89. The Hall–Kier alpha value is -1.36. The Bertz CT molecular complexity index is 639. The van der Waals surface area contributed by atoms with Crippen molar-refractivity contribution in [3.63, 3.8) is 0 Å². The number of hydrogen-bond donors (Lipinski definition) is 1. The molecular weight excluding hydrogens is 282 g/mol. The number of hydrogen-bond acceptors (Lipinski definition) is 2. The first kappa shape index (κ1) is 14.1. The average Bonchev–Trinajstić information content (AvgIpc) is 2.40. The van der Waals surface area contributed by atoms with Gasteiger partial charge in [0.2, 0.25) is 10.0 Å². The Morgan fingerprint density at radius 3 is 2.16 bits per heavy atom. The monoisotopic (exact) mass is 295 g/mol. The van der Waals surface area contributed by atoms with Crippen LogP contribution in [0.15, 0.2) is 59.5 Å². The Morgan fingerprint density at radius 1 is 1.00 bits per heavy atom. The van der Waals surface area contributed by atoms with Crippen molar-refractivity contribution < 1.29 is 8.42 Å². The minimum Gasteiger partial charge on any atom is -0.207 e. The third kappa shape index (κ3) is 3.56. The van der Waals surface area contributed by atoms with Crippen LogP contribution in [-0.4, -0.2) is 8.42 Å². The van der Waals surface area contributed by atoms with Crippen LogP contribution < -0.4 is 4.72 Å². The molecular formula is C14H14ClNO2S. The van der Waals surface area contributed by atoms with Crippen molar-refractivity contribution in [2.24, 2.45) is 0 Å². The van der Waals surface area contributed by atoms with E-state index in [4.69, 9.17) is 11.6 Å². The third-order valence-electron chi connectivity index (χ3n) is 2.76. The molecule has 3 nitrogen and oxygen atoms in total. The van der Waals surface area contributed by atoms with Crippen LogP contribution in [0.1, 0.15) is 18.5 Å². The first-order valence-electron chi connectivity index (χ1n) is 5.82. The second kappa shape index (κ2) is 5.74. The maximum absolute atomic E-state index is 12.2. The van der Waals surface area contributed by atoms with E-state index in [1.54, 1.807) is 12.1 Å². The summed E-state index contributed by atoms with van der Waals surface area (Å²) in [6.45, 7) is 1.81. The lowest BCUT2D eigenvalue weighted by molar-refractivity contribution is 0.567. The molecule has 1 atom stereocenters. The van der Waals surface area contributed by atoms with Gasteiger partial charge in [-0.2, -0.15) is 0 Å². The number of halogens is 1. The number of rotatable bonds is 4. The highest BCUT2D eigenvalue weighted by Gasteiger charge is 2.17. The van der Waals surface area contributed by atoms with Gasteiger partial charge in [-0.3, -0.25) is 0 Å². The standard InChI is InChI=1S/C14H14ClNO2S/c1-11(12-5-3-2-4-6-12)16-19(17,18)14-9-7-13(15)8-10-14/h2-11,16H,1H3. The van der Waals surface area contributed by atoms with Crippen molar-refractivity contribution in [2.45, 2.75) is 17.9 Å². The minimum atomic E-state index is -3.53. The molecule has 0 aliphatic rings. The van der Waals surface area contributed by atoms with Crippen molar-refractivity contribution in [1.82, 2.24) is 4.72 Å². The van der Waals surface area contributed by atoms with Gasteiger partial charge in [0.05, 0.1) is 4.90 Å². The molecule has 2 aromatic rings. The highest BCUT2D eigenvalue weighted by Crippen LogP contribution is 2.18. The molecule has 2 rings (SSSR count). The van der Waals surface area contributed by atoms with Gasteiger partial charge in [-0.1, -0.05) is 41.9 Å². The molecule has 0 radical (unpaired) electrons. The first-order chi connectivity index (χ1) is 8.99. The van der Waals surface area contributed by atoms with E-state index in [1.165, 1.54) is 12.1 Å². The van der Waals surface area contributed by atoms with Gasteiger partial charge in [-0.15, -0.1) is 0 Å². The third-order valence-corrected chi connectivity index (χ3v) is 4.56. The molecule has 0 heterocycles. The second-order valence-electron chi connectivity index (χ2n) is 4.21. The number of benzene rings is 2. The number of sulfonamides is 1. The molecule has 1 unspecified atom stereocenters. The maximum Gasteiger partial charge on any atom is 0.241 e. The van der Waals surface area contributed by atoms with E-state index in [0.717, 1.165) is 5.56 Å². The minimum absolute atomic E-state index is 0.208. The molecule has 100 valence electrons. The van der Waals surface area contributed by atoms with E-state index >= 15 is 0 Å². The van der Waals surface area contributed by atoms with E-state index in [2.05, 4.69) is 4.72 Å². The van der Waals surface area contributed by atoms with Gasteiger partial charge in [0.25, 0.3) is 0 Å². The summed E-state index contributed by atoms with van der Waals surface area (Å²) in [7, 11) is -3.53. The molecule has 0 aromatic heterocycles. The van der Waals surface area contributed by atoms with Gasteiger partial charge >= 0.3 is 0 Å². The van der Waals surface area contributed by atoms with Crippen molar-refractivity contribution in [3.05, 3.63) is 65.2 Å². The average molecular weight is 296 g/mol. The Morgan fingerprint density at radius 2 is 1.58 bits per heavy atom. The van der Waals surface area contributed by atoms with Crippen LogP contribution in [0.25, 0.3) is 0 Å². The molecule has 0 bridgehead atoms. The van der Waals surface area contributed by atoms with Crippen molar-refractivity contribution in [3.8, 4) is 0 Å². The normalized spacial score (nSPS) is 13.2. The Kier molecular flexibility index (Phi) is 4.24. The van der Waals surface area contributed by atoms with Crippen LogP contribution in [0, 0.1) is 0 Å². The van der Waals surface area contributed by atoms with Crippen molar-refractivity contribution >= 4 is 21.6 Å². The summed E-state index contributed by atoms with van der Waals surface area (Å²) in [4.78, 5) is 0.208. The van der Waals surface area contributed by atoms with Crippen molar-refractivity contribution in [1.29, 1.82) is 0 Å². The molecule has 0 fully saturated rings. The molecule has 2 aromatic carbocycles. The fourth-order valence-corrected chi connectivity index (χ4v) is 3.08. The fourth-order valence-electron chi connectivity index (χ4n) is 1.72. The summed E-state index contributed by atoms with van der Waals surface area (Å²) >= 11 is 5.75. The zero-order chi connectivity index (χ0) is 13.9. The Labute approximate surface area is 118 Å². The predicted molar refractivity (Wildman–Crippen MR) is 76.6 cm³/mol. The number of nitrogens with one attached hydrogen (secondary N) is 1. The molecule has 19 heavy (non-hydrogen) atoms. The summed E-state index contributed by atoms with van der Waals surface area (Å²) in [5, 5.41) is 0.509. The van der Waals surface area contributed by atoms with E-state index in [0.29, 0.717) is 5.02 Å². The quantitative estimate of drug-likeness (QED) is 0.940. The van der Waals surface area contributed by atoms with Gasteiger partial charge < -0.3 is 0 Å². The van der Waals surface area contributed by atoms with Crippen LogP contribution in [0.2, 0.25) is 5.02 Å². The molecule has 0 aliphatic carbocycles. The molecule has 0 saturated carbocycles. The maximum atomic E-state index is 12.2. The van der Waals surface area contributed by atoms with Gasteiger partial charge in [0.15, 0.2) is 0 Å². The molecule has 0 aliphatic heterocycles. The summed E-state index contributed by atoms with van der Waals surface area (Å²) in [6, 6.07) is 15.2. The molecule has 0 spiro atoms. The summed E-state index contributed by atoms with van der Waals surface area (Å²) in [5.74, 6) is 0. The van der Waals surface area contributed by atoms with Gasteiger partial charge in [-0.25, -0.2) is 13.1 Å². The van der Waals surface area contributed by atoms with Gasteiger partial charge in [-0.05, 0) is 36.8 Å². The zero-order valence-corrected chi connectivity index (χ0v) is 11.9. The summed E-state index contributed by atoms with van der Waals surface area (Å²) in [5.41, 5.74) is 0.917. The molecule has 0 amide bonds. The lowest BCUT2D eigenvalue weighted by Crippen LogP contribution is -2.26. The second-order valence-corrected chi connectivity index (χ2v) is 6.36. The van der Waals surface area contributed by atoms with Gasteiger partial charge in [0, 0.05) is 11.1 Å². The van der Waals surface area contributed by atoms with E-state index in [-0.39, 0.29) is 10.9 Å². The Balaban J connectivity index is 2.20. The van der Waals surface area contributed by atoms with Crippen molar-refractivity contribution in [2.75, 3.05) is 0 Å². The topological polar surface area (TPSA) is 46.2 Å².